The Hall–Kier alpha value is -1.81. The zero-order chi connectivity index (χ0) is 29.4. The van der Waals surface area contributed by atoms with E-state index < -0.39 is 71.3 Å². The molecule has 0 saturated carbocycles. The Morgan fingerprint density at radius 3 is 2.13 bits per heavy atom. The molecule has 20 heteroatoms. The lowest BCUT2D eigenvalue weighted by Crippen LogP contribution is -2.45. The molecule has 1 fully saturated rings. The molecule has 6 N–H and O–H groups in total. The second-order valence-electron chi connectivity index (χ2n) is 9.11. The third kappa shape index (κ3) is 8.12. The standard InChI is InChI=1S/C19H27N2O15P3/c1-19(2,12-6-4-3-5-7-12)11-21-14(22)8-9-20(18(21)25)17-16(24)15(23)13(34-17)10-33-38(29,30)36-39(31,32)35-37(26,27)28/h3-9,13,15-17,23-24H,10-11H2,1-2H3,(H,29,30)(H,31,32)(H2,26,27,28)/t13-,15+,16+,17-/m1/s1. The van der Waals surface area contributed by atoms with Gasteiger partial charge in [0, 0.05) is 24.2 Å². The average molecular weight is 616 g/mol. The quantitative estimate of drug-likeness (QED) is 0.181. The summed E-state index contributed by atoms with van der Waals surface area (Å²) >= 11 is 0. The lowest BCUT2D eigenvalue weighted by molar-refractivity contribution is -0.0549. The van der Waals surface area contributed by atoms with E-state index >= 15 is 0 Å². The molecule has 3 rings (SSSR count). The van der Waals surface area contributed by atoms with Crippen LogP contribution in [0.5, 0.6) is 0 Å². The molecule has 0 aliphatic carbocycles. The van der Waals surface area contributed by atoms with E-state index in [-0.39, 0.29) is 6.54 Å². The zero-order valence-electron chi connectivity index (χ0n) is 20.4. The molecule has 1 aliphatic rings. The number of nitrogens with zero attached hydrogens (tertiary/aromatic N) is 2. The molecule has 2 heterocycles. The van der Waals surface area contributed by atoms with Gasteiger partial charge in [-0.3, -0.25) is 18.5 Å². The van der Waals surface area contributed by atoms with Crippen LogP contribution < -0.4 is 11.2 Å². The van der Waals surface area contributed by atoms with Crippen molar-refractivity contribution in [2.75, 3.05) is 6.61 Å². The van der Waals surface area contributed by atoms with Gasteiger partial charge in [-0.15, -0.1) is 0 Å². The number of ether oxygens (including phenoxy) is 1. The molecule has 1 aromatic carbocycles. The molecule has 0 spiro atoms. The third-order valence-electron chi connectivity index (χ3n) is 5.63. The fraction of sp³-hybridized carbons (Fsp3) is 0.474. The van der Waals surface area contributed by atoms with Crippen LogP contribution in [-0.2, 0) is 43.5 Å². The van der Waals surface area contributed by atoms with Crippen molar-refractivity contribution in [2.24, 2.45) is 0 Å². The van der Waals surface area contributed by atoms with Gasteiger partial charge in [-0.2, -0.15) is 8.62 Å². The van der Waals surface area contributed by atoms with Crippen molar-refractivity contribution < 1.29 is 61.4 Å². The van der Waals surface area contributed by atoms with Crippen molar-refractivity contribution in [3.8, 4) is 0 Å². The molecular weight excluding hydrogens is 589 g/mol. The lowest BCUT2D eigenvalue weighted by atomic mass is 9.84. The Morgan fingerprint density at radius 2 is 1.54 bits per heavy atom. The first kappa shape index (κ1) is 31.7. The maximum Gasteiger partial charge on any atom is 0.490 e. The van der Waals surface area contributed by atoms with Crippen LogP contribution in [0.25, 0.3) is 0 Å². The Kier molecular flexibility index (Phi) is 9.42. The maximum atomic E-state index is 13.2. The van der Waals surface area contributed by atoms with Crippen molar-refractivity contribution in [1.29, 1.82) is 0 Å². The fourth-order valence-corrected chi connectivity index (χ4v) is 6.84. The lowest BCUT2D eigenvalue weighted by Gasteiger charge is -2.27. The van der Waals surface area contributed by atoms with Gasteiger partial charge >= 0.3 is 29.2 Å². The van der Waals surface area contributed by atoms with Gasteiger partial charge in [-0.05, 0) is 5.56 Å². The fourth-order valence-electron chi connectivity index (χ4n) is 3.81. The number of hydrogen-bond acceptors (Lipinski definition) is 11. The number of aliphatic hydroxyl groups excluding tert-OH is 2. The summed E-state index contributed by atoms with van der Waals surface area (Å²) in [5.41, 5.74) is -1.37. The van der Waals surface area contributed by atoms with Crippen LogP contribution in [0.2, 0.25) is 0 Å². The molecule has 17 nitrogen and oxygen atoms in total. The predicted molar refractivity (Wildman–Crippen MR) is 130 cm³/mol. The maximum absolute atomic E-state index is 13.2. The van der Waals surface area contributed by atoms with Crippen LogP contribution in [0.3, 0.4) is 0 Å². The van der Waals surface area contributed by atoms with E-state index in [1.165, 1.54) is 0 Å². The molecule has 39 heavy (non-hydrogen) atoms. The van der Waals surface area contributed by atoms with Crippen molar-refractivity contribution in [1.82, 2.24) is 9.13 Å². The first-order valence-electron chi connectivity index (χ1n) is 11.0. The summed E-state index contributed by atoms with van der Waals surface area (Å²) in [4.78, 5) is 61.7. The smallest absolute Gasteiger partial charge is 0.387 e. The minimum Gasteiger partial charge on any atom is -0.387 e. The number of hydrogen-bond donors (Lipinski definition) is 6. The molecule has 1 aliphatic heterocycles. The molecule has 218 valence electrons. The van der Waals surface area contributed by atoms with Crippen LogP contribution in [-0.4, -0.2) is 63.8 Å². The van der Waals surface area contributed by atoms with Gasteiger partial charge < -0.3 is 34.5 Å². The second kappa shape index (κ2) is 11.6. The number of aliphatic hydroxyl groups is 2. The summed E-state index contributed by atoms with van der Waals surface area (Å²) in [6.07, 6.45) is -5.79. The van der Waals surface area contributed by atoms with E-state index in [9.17, 15) is 43.3 Å². The van der Waals surface area contributed by atoms with E-state index in [4.69, 9.17) is 14.5 Å². The SMILES string of the molecule is CC(C)(Cn1c(=O)ccn([C@@H]2O[C@H](COP(=O)(O)OP(=O)(O)OP(=O)(O)O)[C@H](O)[C@@H]2O)c1=O)c1ccccc1. The number of benzene rings is 1. The average Bonchev–Trinajstić information content (AvgIpc) is 3.07. The molecule has 2 aromatic rings. The van der Waals surface area contributed by atoms with Crippen LogP contribution in [0, 0.1) is 0 Å². The highest BCUT2D eigenvalue weighted by Crippen LogP contribution is 2.66. The summed E-state index contributed by atoms with van der Waals surface area (Å²) in [7, 11) is -16.9. The highest BCUT2D eigenvalue weighted by Gasteiger charge is 2.47. The monoisotopic (exact) mass is 616 g/mol. The van der Waals surface area contributed by atoms with Crippen molar-refractivity contribution in [3.63, 3.8) is 0 Å². The van der Waals surface area contributed by atoms with E-state index in [1.54, 1.807) is 12.1 Å². The third-order valence-corrected chi connectivity index (χ3v) is 9.44. The van der Waals surface area contributed by atoms with E-state index in [1.807, 2.05) is 32.0 Å². The highest BCUT2D eigenvalue weighted by molar-refractivity contribution is 7.66. The van der Waals surface area contributed by atoms with Gasteiger partial charge in [0.2, 0.25) is 0 Å². The summed E-state index contributed by atoms with van der Waals surface area (Å²) in [6, 6.07) is 10.1. The second-order valence-corrected chi connectivity index (χ2v) is 13.5. The number of aromatic nitrogens is 2. The van der Waals surface area contributed by atoms with Gasteiger partial charge in [0.1, 0.15) is 18.3 Å². The molecule has 1 aromatic heterocycles. The molecule has 6 atom stereocenters. The molecule has 1 saturated heterocycles. The molecule has 2 unspecified atom stereocenters. The largest absolute Gasteiger partial charge is 0.490 e. The van der Waals surface area contributed by atoms with Crippen LogP contribution in [0.4, 0.5) is 0 Å². The number of phosphoric ester groups is 1. The summed E-state index contributed by atoms with van der Waals surface area (Å²) in [6.45, 7) is 2.51. The molecule has 0 amide bonds. The van der Waals surface area contributed by atoms with Crippen LogP contribution in [0.15, 0.2) is 52.2 Å². The highest BCUT2D eigenvalue weighted by atomic mass is 31.3. The number of phosphoric acid groups is 3. The van der Waals surface area contributed by atoms with Gasteiger partial charge in [0.25, 0.3) is 5.56 Å². The van der Waals surface area contributed by atoms with Crippen LogP contribution >= 0.6 is 23.5 Å². The molecule has 0 radical (unpaired) electrons. The minimum absolute atomic E-state index is 0.0592. The minimum atomic E-state index is -5.77. The summed E-state index contributed by atoms with van der Waals surface area (Å²) < 4.78 is 52.9. The van der Waals surface area contributed by atoms with E-state index in [0.717, 1.165) is 27.0 Å². The Balaban J connectivity index is 1.77. The van der Waals surface area contributed by atoms with Gasteiger partial charge in [0.05, 0.1) is 6.61 Å². The Labute approximate surface area is 220 Å². The zero-order valence-corrected chi connectivity index (χ0v) is 23.0. The van der Waals surface area contributed by atoms with E-state index in [0.29, 0.717) is 0 Å². The van der Waals surface area contributed by atoms with Crippen molar-refractivity contribution in [3.05, 3.63) is 69.0 Å². The van der Waals surface area contributed by atoms with Gasteiger partial charge in [-0.1, -0.05) is 44.2 Å². The van der Waals surface area contributed by atoms with Gasteiger partial charge in [-0.25, -0.2) is 18.5 Å². The van der Waals surface area contributed by atoms with Crippen molar-refractivity contribution in [2.45, 2.75) is 50.3 Å². The van der Waals surface area contributed by atoms with Crippen molar-refractivity contribution >= 4 is 23.5 Å². The molecule has 0 bridgehead atoms. The van der Waals surface area contributed by atoms with Gasteiger partial charge in [0.15, 0.2) is 6.23 Å². The molecular formula is C19H27N2O15P3. The van der Waals surface area contributed by atoms with E-state index in [2.05, 4.69) is 13.1 Å². The first-order chi connectivity index (χ1) is 17.8. The topological polar surface area (TPSA) is 254 Å². The van der Waals surface area contributed by atoms with Crippen LogP contribution in [0.1, 0.15) is 25.6 Å². The summed E-state index contributed by atoms with van der Waals surface area (Å²) in [5, 5.41) is 20.8. The number of rotatable bonds is 11. The Bertz CT molecular complexity index is 1440. The summed E-state index contributed by atoms with van der Waals surface area (Å²) in [5.74, 6) is 0. The Morgan fingerprint density at radius 1 is 0.923 bits per heavy atom. The predicted octanol–water partition coefficient (Wildman–Crippen LogP) is -0.0497. The first-order valence-corrected chi connectivity index (χ1v) is 15.5. The normalized spacial score (nSPS) is 25.2.